The average Bonchev–Trinajstić information content (AvgIpc) is 3.06. The Morgan fingerprint density at radius 1 is 0.826 bits per heavy atom. The smallest absolute Gasteiger partial charge is 0.264 e. The van der Waals surface area contributed by atoms with Gasteiger partial charge in [0.05, 0.1) is 17.2 Å². The van der Waals surface area contributed by atoms with Crippen LogP contribution in [0.4, 0.5) is 10.1 Å². The van der Waals surface area contributed by atoms with Gasteiger partial charge in [-0.1, -0.05) is 74.5 Å². The number of anilines is 1. The molecule has 242 valence electrons. The van der Waals surface area contributed by atoms with E-state index in [4.69, 9.17) is 4.74 Å². The van der Waals surface area contributed by atoms with Crippen molar-refractivity contribution < 1.29 is 27.1 Å². The molecule has 10 heteroatoms. The normalized spacial score (nSPS) is 11.9. The van der Waals surface area contributed by atoms with Gasteiger partial charge in [0.25, 0.3) is 10.0 Å². The Hall–Kier alpha value is -4.70. The van der Waals surface area contributed by atoms with Gasteiger partial charge in [0.2, 0.25) is 11.8 Å². The number of hydrogen-bond donors (Lipinski definition) is 1. The number of sulfonamides is 1. The van der Waals surface area contributed by atoms with Gasteiger partial charge < -0.3 is 15.0 Å². The molecule has 8 nitrogen and oxygen atoms in total. The number of nitrogens with zero attached hydrogens (tertiary/aromatic N) is 2. The predicted octanol–water partition coefficient (Wildman–Crippen LogP) is 5.83. The Morgan fingerprint density at radius 2 is 1.43 bits per heavy atom. The summed E-state index contributed by atoms with van der Waals surface area (Å²) in [6.45, 7) is 5.97. The third-order valence-electron chi connectivity index (χ3n) is 7.27. The topological polar surface area (TPSA) is 96.0 Å². The van der Waals surface area contributed by atoms with Crippen LogP contribution in [0.15, 0.2) is 114 Å². The van der Waals surface area contributed by atoms with Crippen molar-refractivity contribution in [3.63, 3.8) is 0 Å². The SMILES string of the molecule is CCOc1ccc(N(CC(=O)N(Cc2ccc(F)cc2)[C@@H](Cc2ccccc2)C(=O)NCC(C)C)S(=O)(=O)c2ccccc2)cc1. The largest absolute Gasteiger partial charge is 0.494 e. The summed E-state index contributed by atoms with van der Waals surface area (Å²) in [7, 11) is -4.22. The van der Waals surface area contributed by atoms with Crippen LogP contribution >= 0.6 is 0 Å². The van der Waals surface area contributed by atoms with Crippen molar-refractivity contribution in [1.29, 1.82) is 0 Å². The van der Waals surface area contributed by atoms with Crippen LogP contribution in [0, 0.1) is 11.7 Å². The number of ether oxygens (including phenoxy) is 1. The molecular weight excluding hydrogens is 605 g/mol. The second-order valence-electron chi connectivity index (χ2n) is 11.2. The minimum Gasteiger partial charge on any atom is -0.494 e. The highest BCUT2D eigenvalue weighted by Crippen LogP contribution is 2.27. The van der Waals surface area contributed by atoms with E-state index < -0.39 is 34.3 Å². The molecule has 1 N–H and O–H groups in total. The first kappa shape index (κ1) is 34.2. The molecule has 0 bridgehead atoms. The average molecular weight is 646 g/mol. The van der Waals surface area contributed by atoms with Crippen LogP contribution in [0.25, 0.3) is 0 Å². The second kappa shape index (κ2) is 16.0. The molecule has 46 heavy (non-hydrogen) atoms. The van der Waals surface area contributed by atoms with Crippen LogP contribution in [0.5, 0.6) is 5.75 Å². The molecule has 0 fully saturated rings. The van der Waals surface area contributed by atoms with E-state index in [1.54, 1.807) is 54.6 Å². The van der Waals surface area contributed by atoms with Crippen LogP contribution in [0.1, 0.15) is 31.9 Å². The van der Waals surface area contributed by atoms with Gasteiger partial charge in [-0.25, -0.2) is 12.8 Å². The van der Waals surface area contributed by atoms with Crippen molar-refractivity contribution in [3.8, 4) is 5.75 Å². The lowest BCUT2D eigenvalue weighted by molar-refractivity contribution is -0.140. The predicted molar refractivity (Wildman–Crippen MR) is 177 cm³/mol. The Balaban J connectivity index is 1.78. The highest BCUT2D eigenvalue weighted by atomic mass is 32.2. The summed E-state index contributed by atoms with van der Waals surface area (Å²) in [5.41, 5.74) is 1.67. The van der Waals surface area contributed by atoms with Crippen molar-refractivity contribution in [2.75, 3.05) is 24.0 Å². The second-order valence-corrected chi connectivity index (χ2v) is 13.1. The van der Waals surface area contributed by atoms with E-state index in [9.17, 15) is 22.4 Å². The van der Waals surface area contributed by atoms with Gasteiger partial charge in [0.15, 0.2) is 0 Å². The summed E-state index contributed by atoms with van der Waals surface area (Å²) in [6.07, 6.45) is 0.187. The monoisotopic (exact) mass is 645 g/mol. The molecule has 4 aromatic carbocycles. The fraction of sp³-hybridized carbons (Fsp3) is 0.278. The Labute approximate surface area is 270 Å². The molecule has 0 saturated heterocycles. The zero-order valence-corrected chi connectivity index (χ0v) is 27.1. The zero-order chi connectivity index (χ0) is 33.1. The van der Waals surface area contributed by atoms with Gasteiger partial charge in [0.1, 0.15) is 24.2 Å². The third kappa shape index (κ3) is 9.17. The number of carbonyl (C=O) groups excluding carboxylic acids is 2. The van der Waals surface area contributed by atoms with Crippen molar-refractivity contribution >= 4 is 27.5 Å². The summed E-state index contributed by atoms with van der Waals surface area (Å²) >= 11 is 0. The highest BCUT2D eigenvalue weighted by molar-refractivity contribution is 7.92. The lowest BCUT2D eigenvalue weighted by Gasteiger charge is -2.34. The maximum Gasteiger partial charge on any atom is 0.264 e. The van der Waals surface area contributed by atoms with E-state index in [-0.39, 0.29) is 35.4 Å². The Kier molecular flexibility index (Phi) is 11.9. The van der Waals surface area contributed by atoms with E-state index in [1.807, 2.05) is 51.1 Å². The van der Waals surface area contributed by atoms with Crippen molar-refractivity contribution in [2.24, 2.45) is 5.92 Å². The van der Waals surface area contributed by atoms with E-state index in [1.165, 1.54) is 29.2 Å². The summed E-state index contributed by atoms with van der Waals surface area (Å²) in [5.74, 6) is -0.691. The first-order valence-corrected chi connectivity index (χ1v) is 16.7. The molecular formula is C36H40FN3O5S. The molecule has 0 unspecified atom stereocenters. The molecule has 4 aromatic rings. The molecule has 1 atom stereocenters. The van der Waals surface area contributed by atoms with Gasteiger partial charge in [0, 0.05) is 19.5 Å². The van der Waals surface area contributed by atoms with Crippen LogP contribution in [0.2, 0.25) is 0 Å². The maximum atomic E-state index is 14.5. The molecule has 4 rings (SSSR count). The standard InChI is InChI=1S/C36H40FN3O5S/c1-4-45-32-21-19-31(20-22-32)40(46(43,44)33-13-9-6-10-14-33)26-35(41)39(25-29-15-17-30(37)18-16-29)34(36(42)38-24-27(2)3)23-28-11-7-5-8-12-28/h5-22,27,34H,4,23-26H2,1-3H3,(H,38,42)/t34-/m0/s1. The zero-order valence-electron chi connectivity index (χ0n) is 26.3. The molecule has 2 amide bonds. The fourth-order valence-electron chi connectivity index (χ4n) is 4.89. The van der Waals surface area contributed by atoms with Crippen molar-refractivity contribution in [3.05, 3.63) is 126 Å². The number of rotatable bonds is 15. The van der Waals surface area contributed by atoms with Crippen LogP contribution in [-0.4, -0.2) is 50.9 Å². The molecule has 0 spiro atoms. The van der Waals surface area contributed by atoms with E-state index in [2.05, 4.69) is 5.32 Å². The highest BCUT2D eigenvalue weighted by Gasteiger charge is 2.34. The number of nitrogens with one attached hydrogen (secondary N) is 1. The minimum absolute atomic E-state index is 0.0114. The van der Waals surface area contributed by atoms with E-state index in [0.717, 1.165) is 9.87 Å². The maximum absolute atomic E-state index is 14.5. The van der Waals surface area contributed by atoms with Gasteiger partial charge in [-0.15, -0.1) is 0 Å². The van der Waals surface area contributed by atoms with Gasteiger partial charge in [-0.05, 0) is 72.5 Å². The van der Waals surface area contributed by atoms with E-state index >= 15 is 0 Å². The third-order valence-corrected chi connectivity index (χ3v) is 9.06. The first-order chi connectivity index (χ1) is 22.1. The number of halogens is 1. The fourth-order valence-corrected chi connectivity index (χ4v) is 6.32. The molecule has 0 saturated carbocycles. The van der Waals surface area contributed by atoms with Gasteiger partial charge in [-0.3, -0.25) is 13.9 Å². The number of benzene rings is 4. The van der Waals surface area contributed by atoms with Gasteiger partial charge in [-0.2, -0.15) is 0 Å². The molecule has 0 radical (unpaired) electrons. The minimum atomic E-state index is -4.22. The first-order valence-electron chi connectivity index (χ1n) is 15.2. The molecule has 0 aromatic heterocycles. The van der Waals surface area contributed by atoms with Crippen molar-refractivity contribution in [2.45, 2.75) is 44.7 Å². The van der Waals surface area contributed by atoms with E-state index in [0.29, 0.717) is 24.5 Å². The molecule has 0 aliphatic carbocycles. The Morgan fingerprint density at radius 3 is 2.02 bits per heavy atom. The number of carbonyl (C=O) groups is 2. The summed E-state index contributed by atoms with van der Waals surface area (Å²) in [4.78, 5) is 29.7. The number of amides is 2. The molecule has 0 aliphatic rings. The summed E-state index contributed by atoms with van der Waals surface area (Å²) < 4.78 is 48.6. The lowest BCUT2D eigenvalue weighted by atomic mass is 10.0. The van der Waals surface area contributed by atoms with Crippen molar-refractivity contribution in [1.82, 2.24) is 10.2 Å². The molecule has 0 aliphatic heterocycles. The lowest BCUT2D eigenvalue weighted by Crippen LogP contribution is -2.53. The van der Waals surface area contributed by atoms with Gasteiger partial charge >= 0.3 is 0 Å². The summed E-state index contributed by atoms with van der Waals surface area (Å²) in [6, 6.07) is 28.3. The Bertz CT molecular complexity index is 1670. The quantitative estimate of drug-likeness (QED) is 0.176. The van der Waals surface area contributed by atoms with Crippen LogP contribution in [-0.2, 0) is 32.6 Å². The van der Waals surface area contributed by atoms with Crippen LogP contribution in [0.3, 0.4) is 0 Å². The molecule has 0 heterocycles. The number of hydrogen-bond acceptors (Lipinski definition) is 5. The summed E-state index contributed by atoms with van der Waals surface area (Å²) in [5, 5.41) is 2.95. The van der Waals surface area contributed by atoms with Crippen LogP contribution < -0.4 is 14.4 Å².